The van der Waals surface area contributed by atoms with Gasteiger partial charge in [-0.25, -0.2) is 4.39 Å². The molecule has 0 saturated carbocycles. The molecule has 2 nitrogen and oxygen atoms in total. The molecule has 0 aliphatic carbocycles. The molecule has 0 aromatic heterocycles. The second-order valence-corrected chi connectivity index (χ2v) is 6.03. The van der Waals surface area contributed by atoms with E-state index in [1.165, 1.54) is 6.07 Å². The molecule has 19 heavy (non-hydrogen) atoms. The lowest BCUT2D eigenvalue weighted by Gasteiger charge is -2.27. The number of nitrogen functional groups attached to an aromatic ring is 1. The predicted octanol–water partition coefficient (Wildman–Crippen LogP) is 3.32. The summed E-state index contributed by atoms with van der Waals surface area (Å²) in [7, 11) is 0. The lowest BCUT2D eigenvalue weighted by molar-refractivity contribution is 0.223. The normalized spacial score (nSPS) is 25.7. The molecule has 0 amide bonds. The first-order chi connectivity index (χ1) is 9.01. The number of hydrogen-bond donors (Lipinski definition) is 1. The highest BCUT2D eigenvalue weighted by molar-refractivity contribution is 5.40. The van der Waals surface area contributed by atoms with Crippen molar-refractivity contribution in [2.45, 2.75) is 39.7 Å². The fourth-order valence-electron chi connectivity index (χ4n) is 2.99. The maximum Gasteiger partial charge on any atom is 0.128 e. The van der Waals surface area contributed by atoms with Gasteiger partial charge in [0.15, 0.2) is 0 Å². The molecule has 3 atom stereocenters. The number of anilines is 1. The molecule has 1 saturated heterocycles. The number of halogens is 1. The van der Waals surface area contributed by atoms with E-state index in [1.807, 2.05) is 6.07 Å². The van der Waals surface area contributed by atoms with Gasteiger partial charge in [-0.05, 0) is 42.4 Å². The summed E-state index contributed by atoms with van der Waals surface area (Å²) < 4.78 is 13.9. The van der Waals surface area contributed by atoms with Crippen LogP contribution in [0.5, 0.6) is 0 Å². The summed E-state index contributed by atoms with van der Waals surface area (Å²) in [5.41, 5.74) is 6.88. The molecule has 1 aliphatic heterocycles. The van der Waals surface area contributed by atoms with E-state index in [0.29, 0.717) is 11.7 Å². The third-order valence-corrected chi connectivity index (χ3v) is 4.54. The highest BCUT2D eigenvalue weighted by atomic mass is 19.1. The van der Waals surface area contributed by atoms with Crippen molar-refractivity contribution in [2.24, 2.45) is 11.8 Å². The third kappa shape index (κ3) is 3.27. The lowest BCUT2D eigenvalue weighted by Crippen LogP contribution is -2.35. The van der Waals surface area contributed by atoms with Crippen LogP contribution in [0.3, 0.4) is 0 Å². The van der Waals surface area contributed by atoms with Gasteiger partial charge < -0.3 is 5.73 Å². The number of nitrogens with zero attached hydrogens (tertiary/aromatic N) is 1. The Morgan fingerprint density at radius 1 is 1.32 bits per heavy atom. The van der Waals surface area contributed by atoms with E-state index < -0.39 is 0 Å². The van der Waals surface area contributed by atoms with Crippen molar-refractivity contribution >= 4 is 5.69 Å². The van der Waals surface area contributed by atoms with Crippen molar-refractivity contribution in [3.05, 3.63) is 29.6 Å². The average Bonchev–Trinajstić information content (AvgIpc) is 2.68. The lowest BCUT2D eigenvalue weighted by atomic mass is 10.0. The van der Waals surface area contributed by atoms with Gasteiger partial charge in [-0.1, -0.05) is 26.8 Å². The second kappa shape index (κ2) is 5.91. The van der Waals surface area contributed by atoms with Crippen LogP contribution >= 0.6 is 0 Å². The first kappa shape index (κ1) is 14.3. The van der Waals surface area contributed by atoms with Gasteiger partial charge in [0.05, 0.1) is 0 Å². The Bertz CT molecular complexity index is 423. The van der Waals surface area contributed by atoms with Crippen LogP contribution in [0.15, 0.2) is 18.2 Å². The van der Waals surface area contributed by atoms with Gasteiger partial charge in [0.2, 0.25) is 0 Å². The van der Waals surface area contributed by atoms with E-state index in [-0.39, 0.29) is 5.82 Å². The van der Waals surface area contributed by atoms with E-state index in [4.69, 9.17) is 5.73 Å². The van der Waals surface area contributed by atoms with Gasteiger partial charge in [0, 0.05) is 24.8 Å². The molecule has 2 rings (SSSR count). The summed E-state index contributed by atoms with van der Waals surface area (Å²) in [6.45, 7) is 9.07. The van der Waals surface area contributed by atoms with Crippen LogP contribution in [0.4, 0.5) is 10.1 Å². The smallest absolute Gasteiger partial charge is 0.128 e. The molecule has 1 aromatic rings. The van der Waals surface area contributed by atoms with Gasteiger partial charge in [-0.3, -0.25) is 4.90 Å². The van der Waals surface area contributed by atoms with Crippen molar-refractivity contribution in [2.75, 3.05) is 18.8 Å². The first-order valence-corrected chi connectivity index (χ1v) is 7.29. The Labute approximate surface area is 115 Å². The molecule has 106 valence electrons. The minimum absolute atomic E-state index is 0.168. The molecule has 0 bridgehead atoms. The van der Waals surface area contributed by atoms with Crippen molar-refractivity contribution in [3.63, 3.8) is 0 Å². The van der Waals surface area contributed by atoms with E-state index in [1.54, 1.807) is 6.07 Å². The van der Waals surface area contributed by atoms with E-state index in [9.17, 15) is 4.39 Å². The van der Waals surface area contributed by atoms with Crippen LogP contribution in [-0.4, -0.2) is 24.0 Å². The maximum atomic E-state index is 13.9. The summed E-state index contributed by atoms with van der Waals surface area (Å²) in [5, 5.41) is 0. The van der Waals surface area contributed by atoms with Gasteiger partial charge in [-0.15, -0.1) is 0 Å². The van der Waals surface area contributed by atoms with Crippen LogP contribution in [0.1, 0.15) is 32.8 Å². The van der Waals surface area contributed by atoms with E-state index >= 15 is 0 Å². The summed E-state index contributed by atoms with van der Waals surface area (Å²) in [6, 6.07) is 5.49. The van der Waals surface area contributed by atoms with Crippen LogP contribution < -0.4 is 5.73 Å². The van der Waals surface area contributed by atoms with Crippen LogP contribution in [0.2, 0.25) is 0 Å². The Hall–Kier alpha value is -1.09. The molecule has 1 aliphatic rings. The Kier molecular flexibility index (Phi) is 4.46. The van der Waals surface area contributed by atoms with Gasteiger partial charge in [0.1, 0.15) is 5.82 Å². The Balaban J connectivity index is 2.07. The zero-order chi connectivity index (χ0) is 14.0. The monoisotopic (exact) mass is 264 g/mol. The SMILES string of the molecule is CCC(Cc1ccc(N)cc1F)N1CC(C)[C@H](C)C1. The fraction of sp³-hybridized carbons (Fsp3) is 0.625. The van der Waals surface area contributed by atoms with Gasteiger partial charge >= 0.3 is 0 Å². The fourth-order valence-corrected chi connectivity index (χ4v) is 2.99. The van der Waals surface area contributed by atoms with Gasteiger partial charge in [-0.2, -0.15) is 0 Å². The molecule has 1 heterocycles. The molecular weight excluding hydrogens is 239 g/mol. The Morgan fingerprint density at radius 3 is 2.47 bits per heavy atom. The zero-order valence-corrected chi connectivity index (χ0v) is 12.2. The third-order valence-electron chi connectivity index (χ3n) is 4.54. The molecule has 0 radical (unpaired) electrons. The van der Waals surface area contributed by atoms with Crippen molar-refractivity contribution in [1.29, 1.82) is 0 Å². The molecule has 0 spiro atoms. The largest absolute Gasteiger partial charge is 0.399 e. The van der Waals surface area contributed by atoms with Gasteiger partial charge in [0.25, 0.3) is 0 Å². The standard InChI is InChI=1S/C16H25FN2/c1-4-15(19-9-11(2)12(3)10-19)7-13-5-6-14(18)8-16(13)17/h5-6,8,11-12,15H,4,7,9-10,18H2,1-3H3/t11-,12?,15?/m1/s1. The quantitative estimate of drug-likeness (QED) is 0.845. The number of benzene rings is 1. The van der Waals surface area contributed by atoms with Crippen LogP contribution in [-0.2, 0) is 6.42 Å². The van der Waals surface area contributed by atoms with Crippen LogP contribution in [0.25, 0.3) is 0 Å². The molecule has 1 fully saturated rings. The molecule has 2 N–H and O–H groups in total. The summed E-state index contributed by atoms with van der Waals surface area (Å²) >= 11 is 0. The summed E-state index contributed by atoms with van der Waals surface area (Å²) in [6.07, 6.45) is 1.84. The molecule has 2 unspecified atom stereocenters. The molecule has 1 aromatic carbocycles. The van der Waals surface area contributed by atoms with Crippen molar-refractivity contribution < 1.29 is 4.39 Å². The topological polar surface area (TPSA) is 29.3 Å². The number of likely N-dealkylation sites (tertiary alicyclic amines) is 1. The number of rotatable bonds is 4. The van der Waals surface area contributed by atoms with Crippen molar-refractivity contribution in [1.82, 2.24) is 4.90 Å². The highest BCUT2D eigenvalue weighted by Gasteiger charge is 2.30. The van der Waals surface area contributed by atoms with Crippen molar-refractivity contribution in [3.8, 4) is 0 Å². The predicted molar refractivity (Wildman–Crippen MR) is 78.5 cm³/mol. The number of hydrogen-bond acceptors (Lipinski definition) is 2. The first-order valence-electron chi connectivity index (χ1n) is 7.29. The maximum absolute atomic E-state index is 13.9. The number of nitrogens with two attached hydrogens (primary N) is 1. The minimum atomic E-state index is -0.168. The Morgan fingerprint density at radius 2 is 1.95 bits per heavy atom. The highest BCUT2D eigenvalue weighted by Crippen LogP contribution is 2.27. The second-order valence-electron chi connectivity index (χ2n) is 6.03. The average molecular weight is 264 g/mol. The molecular formula is C16H25FN2. The zero-order valence-electron chi connectivity index (χ0n) is 12.2. The van der Waals surface area contributed by atoms with E-state index in [2.05, 4.69) is 25.7 Å². The minimum Gasteiger partial charge on any atom is -0.399 e. The summed E-state index contributed by atoms with van der Waals surface area (Å²) in [5.74, 6) is 1.31. The van der Waals surface area contributed by atoms with Crippen LogP contribution in [0, 0.1) is 17.7 Å². The summed E-state index contributed by atoms with van der Waals surface area (Å²) in [4.78, 5) is 2.52. The van der Waals surface area contributed by atoms with E-state index in [0.717, 1.165) is 43.3 Å². The molecule has 3 heteroatoms.